The Hall–Kier alpha value is -3.55. The van der Waals surface area contributed by atoms with Crippen LogP contribution in [0.3, 0.4) is 0 Å². The number of methoxy groups -OCH3 is 1. The fourth-order valence-corrected chi connectivity index (χ4v) is 13.1. The Bertz CT molecular complexity index is 1160. The van der Waals surface area contributed by atoms with Gasteiger partial charge in [-0.2, -0.15) is 0 Å². The van der Waals surface area contributed by atoms with Crippen LogP contribution in [0.1, 0.15) is 10.4 Å². The normalized spacial score (nSPS) is 10.9. The molecule has 158 valence electrons. The zero-order chi connectivity index (χ0) is 22.4. The SMILES string of the molecule is COC(=O)C(C(=O)c1ccccc1)=[As](c1ccccc1)(c1ccccc1)c1ccccc1. The standard InChI is InChI=1S/C28H23AsO3/c1-32-28(31)26(27(30)22-14-6-2-7-15-22)29(23-16-8-3-9-17-23,24-18-10-4-11-19-24)25-20-12-5-13-21-25/h2-21H,1H3. The Labute approximate surface area is 190 Å². The third-order valence-electron chi connectivity index (χ3n) is 5.40. The van der Waals surface area contributed by atoms with Gasteiger partial charge >= 0.3 is 191 Å². The molecule has 0 saturated carbocycles. The molecule has 4 heteroatoms. The van der Waals surface area contributed by atoms with Crippen molar-refractivity contribution >= 4 is 42.2 Å². The molecular weight excluding hydrogens is 459 g/mol. The summed E-state index contributed by atoms with van der Waals surface area (Å²) < 4.78 is 8.43. The number of ether oxygens (including phenoxy) is 1. The number of rotatable bonds is 6. The second-order valence-electron chi connectivity index (χ2n) is 7.21. The second-order valence-corrected chi connectivity index (χ2v) is 14.2. The van der Waals surface area contributed by atoms with Crippen LogP contribution in [-0.4, -0.2) is 36.3 Å². The van der Waals surface area contributed by atoms with Crippen LogP contribution in [0.5, 0.6) is 0 Å². The number of hydrogen-bond donors (Lipinski definition) is 0. The first kappa shape index (κ1) is 21.7. The van der Waals surface area contributed by atoms with Crippen molar-refractivity contribution in [2.24, 2.45) is 0 Å². The molecular formula is C28H23AsO3. The summed E-state index contributed by atoms with van der Waals surface area (Å²) in [7, 11) is 1.34. The van der Waals surface area contributed by atoms with Crippen LogP contribution in [-0.2, 0) is 9.53 Å². The molecule has 0 bridgehead atoms. The van der Waals surface area contributed by atoms with Crippen molar-refractivity contribution in [3.63, 3.8) is 0 Å². The van der Waals surface area contributed by atoms with E-state index in [1.54, 1.807) is 12.1 Å². The van der Waals surface area contributed by atoms with Crippen LogP contribution in [0.2, 0.25) is 0 Å². The fraction of sp³-hybridized carbons (Fsp3) is 0.0357. The van der Waals surface area contributed by atoms with Gasteiger partial charge in [0.2, 0.25) is 0 Å². The predicted octanol–water partition coefficient (Wildman–Crippen LogP) is 2.97. The number of Topliss-reactive ketones (excluding diaryl/α,β-unsaturated/α-hetero) is 1. The minimum absolute atomic E-state index is 0.223. The van der Waals surface area contributed by atoms with E-state index in [2.05, 4.69) is 0 Å². The van der Waals surface area contributed by atoms with Crippen LogP contribution >= 0.6 is 0 Å². The van der Waals surface area contributed by atoms with Gasteiger partial charge in [-0.05, 0) is 0 Å². The second kappa shape index (κ2) is 9.72. The molecule has 4 aromatic rings. The number of carbonyl (C=O) groups excluding carboxylic acids is 2. The summed E-state index contributed by atoms with van der Waals surface area (Å²) in [6.45, 7) is 0. The van der Waals surface area contributed by atoms with Gasteiger partial charge in [-0.1, -0.05) is 0 Å². The quantitative estimate of drug-likeness (QED) is 0.184. The maximum atomic E-state index is 14.0. The molecule has 4 rings (SSSR count). The van der Waals surface area contributed by atoms with Gasteiger partial charge in [0.05, 0.1) is 0 Å². The van der Waals surface area contributed by atoms with Gasteiger partial charge in [0.1, 0.15) is 0 Å². The third kappa shape index (κ3) is 3.88. The van der Waals surface area contributed by atoms with Crippen LogP contribution in [0.4, 0.5) is 0 Å². The molecule has 0 atom stereocenters. The number of ketones is 1. The Balaban J connectivity index is 2.27. The van der Waals surface area contributed by atoms with Gasteiger partial charge in [0, 0.05) is 0 Å². The van der Waals surface area contributed by atoms with E-state index in [1.165, 1.54) is 7.11 Å². The molecule has 4 aromatic carbocycles. The van der Waals surface area contributed by atoms with Crippen LogP contribution in [0.25, 0.3) is 0 Å². The monoisotopic (exact) mass is 482 g/mol. The number of benzene rings is 4. The summed E-state index contributed by atoms with van der Waals surface area (Å²) in [5.41, 5.74) is 0.474. The van der Waals surface area contributed by atoms with E-state index in [4.69, 9.17) is 4.74 Å². The first-order chi connectivity index (χ1) is 15.7. The maximum absolute atomic E-state index is 14.0. The van der Waals surface area contributed by atoms with E-state index in [0.29, 0.717) is 5.56 Å². The zero-order valence-corrected chi connectivity index (χ0v) is 19.6. The van der Waals surface area contributed by atoms with Crippen LogP contribution < -0.4 is 13.1 Å². The van der Waals surface area contributed by atoms with E-state index in [0.717, 1.165) is 13.1 Å². The molecule has 0 aliphatic carbocycles. The molecule has 0 radical (unpaired) electrons. The molecule has 0 aromatic heterocycles. The molecule has 0 aliphatic heterocycles. The molecule has 3 nitrogen and oxygen atoms in total. The van der Waals surface area contributed by atoms with E-state index in [1.807, 2.05) is 109 Å². The molecule has 32 heavy (non-hydrogen) atoms. The van der Waals surface area contributed by atoms with Gasteiger partial charge < -0.3 is 0 Å². The topological polar surface area (TPSA) is 43.4 Å². The summed E-state index contributed by atoms with van der Waals surface area (Å²) in [4.78, 5) is 27.5. The predicted molar refractivity (Wildman–Crippen MR) is 132 cm³/mol. The van der Waals surface area contributed by atoms with Crippen LogP contribution in [0, 0.1) is 0 Å². The summed E-state index contributed by atoms with van der Waals surface area (Å²) in [5, 5.41) is 0. The van der Waals surface area contributed by atoms with Gasteiger partial charge in [0.25, 0.3) is 0 Å². The molecule has 0 heterocycles. The van der Waals surface area contributed by atoms with Crippen molar-refractivity contribution in [3.05, 3.63) is 127 Å². The van der Waals surface area contributed by atoms with Crippen molar-refractivity contribution < 1.29 is 14.3 Å². The van der Waals surface area contributed by atoms with E-state index in [9.17, 15) is 9.59 Å². The Morgan fingerprint density at radius 1 is 0.562 bits per heavy atom. The molecule has 0 unspecified atom stereocenters. The first-order valence-corrected chi connectivity index (χ1v) is 14.1. The van der Waals surface area contributed by atoms with Gasteiger partial charge in [-0.25, -0.2) is 0 Å². The molecule has 0 fully saturated rings. The van der Waals surface area contributed by atoms with Gasteiger partial charge in [0.15, 0.2) is 0 Å². The number of hydrogen-bond acceptors (Lipinski definition) is 3. The van der Waals surface area contributed by atoms with Gasteiger partial charge in [-0.15, -0.1) is 0 Å². The number of esters is 1. The first-order valence-electron chi connectivity index (χ1n) is 10.3. The van der Waals surface area contributed by atoms with Gasteiger partial charge in [-0.3, -0.25) is 0 Å². The molecule has 0 aliphatic rings. The Morgan fingerprint density at radius 3 is 1.25 bits per heavy atom. The Morgan fingerprint density at radius 2 is 0.906 bits per heavy atom. The van der Waals surface area contributed by atoms with Crippen molar-refractivity contribution in [1.29, 1.82) is 0 Å². The summed E-state index contributed by atoms with van der Waals surface area (Å²) in [6.07, 6.45) is 0. The molecule has 0 spiro atoms. The Kier molecular flexibility index (Phi) is 6.58. The van der Waals surface area contributed by atoms with Crippen molar-refractivity contribution in [2.45, 2.75) is 0 Å². The molecule has 0 N–H and O–H groups in total. The van der Waals surface area contributed by atoms with Crippen LogP contribution in [0.15, 0.2) is 121 Å². The third-order valence-corrected chi connectivity index (χ3v) is 14.4. The summed E-state index contributed by atoms with van der Waals surface area (Å²) in [6, 6.07) is 38.7. The summed E-state index contributed by atoms with van der Waals surface area (Å²) >= 11 is -3.80. The average molecular weight is 482 g/mol. The number of carbonyl (C=O) groups is 2. The average Bonchev–Trinajstić information content (AvgIpc) is 2.88. The fourth-order valence-electron chi connectivity index (χ4n) is 3.99. The van der Waals surface area contributed by atoms with Crippen molar-refractivity contribution in [1.82, 2.24) is 0 Å². The molecule has 0 saturated heterocycles. The summed E-state index contributed by atoms with van der Waals surface area (Å²) in [5.74, 6) is -0.871. The van der Waals surface area contributed by atoms with E-state index < -0.39 is 19.1 Å². The van der Waals surface area contributed by atoms with Crippen molar-refractivity contribution in [3.8, 4) is 0 Å². The molecule has 0 amide bonds. The zero-order valence-electron chi connectivity index (χ0n) is 17.7. The van der Waals surface area contributed by atoms with Crippen molar-refractivity contribution in [2.75, 3.05) is 7.11 Å². The van der Waals surface area contributed by atoms with E-state index >= 15 is 0 Å². The van der Waals surface area contributed by atoms with E-state index in [-0.39, 0.29) is 10.1 Å². The minimum atomic E-state index is -3.80.